The fourth-order valence-electron chi connectivity index (χ4n) is 2.85. The molecule has 1 fully saturated rings. The smallest absolute Gasteiger partial charge is 0.219 e. The molecular weight excluding hydrogens is 344 g/mol. The van der Waals surface area contributed by atoms with Gasteiger partial charge in [0, 0.05) is 30.9 Å². The molecule has 3 heterocycles. The molecule has 7 nitrogen and oxygen atoms in total. The molecule has 0 atom stereocenters. The second kappa shape index (κ2) is 8.01. The van der Waals surface area contributed by atoms with Gasteiger partial charge >= 0.3 is 0 Å². The van der Waals surface area contributed by atoms with Gasteiger partial charge in [0.25, 0.3) is 0 Å². The highest BCUT2D eigenvalue weighted by molar-refractivity contribution is 5.60. The predicted molar refractivity (Wildman–Crippen MR) is 101 cm³/mol. The fourth-order valence-corrected chi connectivity index (χ4v) is 2.85. The molecule has 138 valence electrons. The van der Waals surface area contributed by atoms with Crippen LogP contribution >= 0.6 is 0 Å². The van der Waals surface area contributed by atoms with E-state index in [4.69, 9.17) is 9.47 Å². The third kappa shape index (κ3) is 4.32. The first-order valence-corrected chi connectivity index (χ1v) is 8.82. The zero-order chi connectivity index (χ0) is 18.5. The van der Waals surface area contributed by atoms with Crippen LogP contribution in [0.1, 0.15) is 5.69 Å². The van der Waals surface area contributed by atoms with Crippen molar-refractivity contribution < 1.29 is 14.6 Å². The van der Waals surface area contributed by atoms with Gasteiger partial charge in [-0.3, -0.25) is 4.98 Å². The van der Waals surface area contributed by atoms with E-state index < -0.39 is 0 Å². The molecule has 1 aliphatic rings. The summed E-state index contributed by atoms with van der Waals surface area (Å²) in [5.74, 6) is 1.92. The third-order valence-electron chi connectivity index (χ3n) is 4.22. The maximum atomic E-state index is 9.79. The summed E-state index contributed by atoms with van der Waals surface area (Å²) in [4.78, 5) is 15.6. The molecule has 4 rings (SSSR count). The normalized spacial score (nSPS) is 14.1. The molecule has 3 aromatic rings. The first-order chi connectivity index (χ1) is 13.3. The number of aromatic nitrogens is 3. The number of hydrogen-bond donors (Lipinski definition) is 1. The van der Waals surface area contributed by atoms with E-state index in [2.05, 4.69) is 19.9 Å². The van der Waals surface area contributed by atoms with E-state index in [1.165, 1.54) is 0 Å². The van der Waals surface area contributed by atoms with Gasteiger partial charge in [0.05, 0.1) is 18.9 Å². The highest BCUT2D eigenvalue weighted by atomic mass is 16.5. The minimum atomic E-state index is 0.170. The van der Waals surface area contributed by atoms with Gasteiger partial charge in [0.15, 0.2) is 5.82 Å². The van der Waals surface area contributed by atoms with E-state index in [9.17, 15) is 5.11 Å². The molecule has 7 heteroatoms. The Bertz CT molecular complexity index is 899. The SMILES string of the molecule is Oc1cccc(-c2nc(OCc3ccccn3)cc(N3CCOCC3)n2)c1. The van der Waals surface area contributed by atoms with E-state index >= 15 is 0 Å². The zero-order valence-electron chi connectivity index (χ0n) is 14.8. The molecule has 0 amide bonds. The second-order valence-electron chi connectivity index (χ2n) is 6.15. The molecule has 27 heavy (non-hydrogen) atoms. The molecule has 0 bridgehead atoms. The van der Waals surface area contributed by atoms with Crippen LogP contribution in [0.15, 0.2) is 54.7 Å². The molecule has 0 aliphatic carbocycles. The number of hydrogen-bond acceptors (Lipinski definition) is 7. The van der Waals surface area contributed by atoms with Crippen LogP contribution in [-0.2, 0) is 11.3 Å². The van der Waals surface area contributed by atoms with Crippen molar-refractivity contribution in [2.45, 2.75) is 6.61 Å². The summed E-state index contributed by atoms with van der Waals surface area (Å²) < 4.78 is 11.3. The van der Waals surface area contributed by atoms with Crippen LogP contribution in [0, 0.1) is 0 Å². The lowest BCUT2D eigenvalue weighted by Gasteiger charge is -2.28. The number of pyridine rings is 1. The Balaban J connectivity index is 1.65. The average Bonchev–Trinajstić information content (AvgIpc) is 2.73. The van der Waals surface area contributed by atoms with Crippen molar-refractivity contribution in [1.82, 2.24) is 15.0 Å². The molecule has 0 radical (unpaired) electrons. The fraction of sp³-hybridized carbons (Fsp3) is 0.250. The van der Waals surface area contributed by atoms with Crippen molar-refractivity contribution in [3.05, 3.63) is 60.4 Å². The first kappa shape index (κ1) is 17.2. The maximum Gasteiger partial charge on any atom is 0.219 e. The van der Waals surface area contributed by atoms with Crippen LogP contribution in [-0.4, -0.2) is 46.4 Å². The molecule has 0 saturated carbocycles. The van der Waals surface area contributed by atoms with Gasteiger partial charge in [-0.1, -0.05) is 18.2 Å². The quantitative estimate of drug-likeness (QED) is 0.745. The lowest BCUT2D eigenvalue weighted by atomic mass is 10.2. The Morgan fingerprint density at radius 1 is 1.04 bits per heavy atom. The van der Waals surface area contributed by atoms with Crippen molar-refractivity contribution in [2.75, 3.05) is 31.2 Å². The highest BCUT2D eigenvalue weighted by Gasteiger charge is 2.16. The van der Waals surface area contributed by atoms with Gasteiger partial charge < -0.3 is 19.5 Å². The van der Waals surface area contributed by atoms with Gasteiger partial charge in [-0.15, -0.1) is 0 Å². The van der Waals surface area contributed by atoms with E-state index in [1.54, 1.807) is 24.4 Å². The Hall–Kier alpha value is -3.19. The number of ether oxygens (including phenoxy) is 2. The van der Waals surface area contributed by atoms with Crippen LogP contribution in [0.2, 0.25) is 0 Å². The number of morpholine rings is 1. The lowest BCUT2D eigenvalue weighted by Crippen LogP contribution is -2.36. The molecular formula is C20H20N4O3. The molecule has 1 saturated heterocycles. The number of benzene rings is 1. The van der Waals surface area contributed by atoms with E-state index in [-0.39, 0.29) is 5.75 Å². The summed E-state index contributed by atoms with van der Waals surface area (Å²) in [5.41, 5.74) is 1.55. The summed E-state index contributed by atoms with van der Waals surface area (Å²) >= 11 is 0. The predicted octanol–water partition coefficient (Wildman–Crippen LogP) is 2.66. The number of anilines is 1. The Morgan fingerprint density at radius 2 is 1.93 bits per heavy atom. The minimum Gasteiger partial charge on any atom is -0.508 e. The number of nitrogens with zero attached hydrogens (tertiary/aromatic N) is 4. The van der Waals surface area contributed by atoms with E-state index in [0.29, 0.717) is 31.5 Å². The largest absolute Gasteiger partial charge is 0.508 e. The summed E-state index contributed by atoms with van der Waals surface area (Å²) in [5, 5.41) is 9.79. The van der Waals surface area contributed by atoms with Crippen molar-refractivity contribution >= 4 is 5.82 Å². The van der Waals surface area contributed by atoms with Crippen molar-refractivity contribution in [2.24, 2.45) is 0 Å². The topological polar surface area (TPSA) is 80.6 Å². The van der Waals surface area contributed by atoms with Gasteiger partial charge in [-0.25, -0.2) is 4.98 Å². The van der Waals surface area contributed by atoms with E-state index in [0.717, 1.165) is 30.2 Å². The van der Waals surface area contributed by atoms with Crippen molar-refractivity contribution in [1.29, 1.82) is 0 Å². The molecule has 0 unspecified atom stereocenters. The van der Waals surface area contributed by atoms with Crippen LogP contribution in [0.25, 0.3) is 11.4 Å². The van der Waals surface area contributed by atoms with Crippen LogP contribution in [0.5, 0.6) is 11.6 Å². The average molecular weight is 364 g/mol. The van der Waals surface area contributed by atoms with Crippen LogP contribution in [0.3, 0.4) is 0 Å². The summed E-state index contributed by atoms with van der Waals surface area (Å²) in [7, 11) is 0. The third-order valence-corrected chi connectivity index (χ3v) is 4.22. The summed E-state index contributed by atoms with van der Waals surface area (Å²) in [6.45, 7) is 3.16. The highest BCUT2D eigenvalue weighted by Crippen LogP contribution is 2.26. The van der Waals surface area contributed by atoms with Gasteiger partial charge in [-0.05, 0) is 24.3 Å². The second-order valence-corrected chi connectivity index (χ2v) is 6.15. The minimum absolute atomic E-state index is 0.170. The van der Waals surface area contributed by atoms with Gasteiger partial charge in [0.1, 0.15) is 18.2 Å². The summed E-state index contributed by atoms with van der Waals surface area (Å²) in [6, 6.07) is 14.4. The van der Waals surface area contributed by atoms with Gasteiger partial charge in [-0.2, -0.15) is 4.98 Å². The van der Waals surface area contributed by atoms with Crippen molar-refractivity contribution in [3.8, 4) is 23.0 Å². The zero-order valence-corrected chi connectivity index (χ0v) is 14.8. The molecule has 1 aromatic carbocycles. The molecule has 2 aromatic heterocycles. The Labute approximate surface area is 157 Å². The van der Waals surface area contributed by atoms with Gasteiger partial charge in [0.2, 0.25) is 5.88 Å². The van der Waals surface area contributed by atoms with Crippen LogP contribution in [0.4, 0.5) is 5.82 Å². The number of phenolic OH excluding ortho intramolecular Hbond substituents is 1. The number of rotatable bonds is 5. The standard InChI is InChI=1S/C20H20N4O3/c25-17-6-3-4-15(12-17)20-22-18(24-8-10-26-11-9-24)13-19(23-20)27-14-16-5-1-2-7-21-16/h1-7,12-13,25H,8-11,14H2. The summed E-state index contributed by atoms with van der Waals surface area (Å²) in [6.07, 6.45) is 1.73. The van der Waals surface area contributed by atoms with E-state index in [1.807, 2.05) is 30.3 Å². The molecule has 1 N–H and O–H groups in total. The number of aromatic hydroxyl groups is 1. The van der Waals surface area contributed by atoms with Crippen molar-refractivity contribution in [3.63, 3.8) is 0 Å². The lowest BCUT2D eigenvalue weighted by molar-refractivity contribution is 0.122. The molecule has 1 aliphatic heterocycles. The van der Waals surface area contributed by atoms with Crippen LogP contribution < -0.4 is 9.64 Å². The first-order valence-electron chi connectivity index (χ1n) is 8.82. The Morgan fingerprint density at radius 3 is 2.70 bits per heavy atom. The number of phenols is 1. The molecule has 0 spiro atoms. The monoisotopic (exact) mass is 364 g/mol. The Kier molecular flexibility index (Phi) is 5.11. The maximum absolute atomic E-state index is 9.79.